The van der Waals surface area contributed by atoms with E-state index in [1.54, 1.807) is 12.1 Å². The molecule has 1 heterocycles. The van der Waals surface area contributed by atoms with Gasteiger partial charge in [-0.25, -0.2) is 18.2 Å². The van der Waals surface area contributed by atoms with Crippen LogP contribution in [-0.4, -0.2) is 43.0 Å². The second-order valence-electron chi connectivity index (χ2n) is 6.18. The monoisotopic (exact) mass is 417 g/mol. The number of aromatic nitrogens is 2. The molecule has 0 saturated carbocycles. The molecule has 1 N–H and O–H groups in total. The summed E-state index contributed by atoms with van der Waals surface area (Å²) in [6.45, 7) is 1.56. The lowest BCUT2D eigenvalue weighted by molar-refractivity contribution is -0.0258. The summed E-state index contributed by atoms with van der Waals surface area (Å²) in [6.07, 6.45) is 0. The lowest BCUT2D eigenvalue weighted by Crippen LogP contribution is -2.26. The first-order chi connectivity index (χ1) is 13.7. The van der Waals surface area contributed by atoms with Crippen molar-refractivity contribution in [3.05, 3.63) is 69.8 Å². The summed E-state index contributed by atoms with van der Waals surface area (Å²) in [6, 6.07) is 10.6. The van der Waals surface area contributed by atoms with Gasteiger partial charge in [-0.1, -0.05) is 22.7 Å². The third-order valence-corrected chi connectivity index (χ3v) is 5.97. The van der Waals surface area contributed by atoms with Gasteiger partial charge in [0.2, 0.25) is 0 Å². The second-order valence-corrected chi connectivity index (χ2v) is 8.12. The Labute approximate surface area is 166 Å². The predicted molar refractivity (Wildman–Crippen MR) is 105 cm³/mol. The number of carbonyl (C=O) groups excluding carboxylic acids is 1. The Morgan fingerprint density at radius 1 is 1.21 bits per heavy atom. The summed E-state index contributed by atoms with van der Waals surface area (Å²) >= 11 is 0. The van der Waals surface area contributed by atoms with E-state index in [2.05, 4.69) is 9.97 Å². The zero-order valence-electron chi connectivity index (χ0n) is 16.0. The molecule has 152 valence electrons. The fourth-order valence-electron chi connectivity index (χ4n) is 2.67. The highest BCUT2D eigenvalue weighted by molar-refractivity contribution is 7.89. The smallest absolute Gasteiger partial charge is 0.338 e. The molecular formula is C19H19N3O6S. The van der Waals surface area contributed by atoms with Crippen LogP contribution < -0.4 is 5.56 Å². The quantitative estimate of drug-likeness (QED) is 0.479. The van der Waals surface area contributed by atoms with Crippen LogP contribution in [0.15, 0.2) is 52.2 Å². The van der Waals surface area contributed by atoms with Crippen molar-refractivity contribution in [3.8, 4) is 0 Å². The molecule has 0 aliphatic rings. The topological polar surface area (TPSA) is 119 Å². The van der Waals surface area contributed by atoms with Crippen molar-refractivity contribution in [3.63, 3.8) is 0 Å². The fourth-order valence-corrected chi connectivity index (χ4v) is 3.69. The Morgan fingerprint density at radius 2 is 1.93 bits per heavy atom. The van der Waals surface area contributed by atoms with E-state index in [4.69, 9.17) is 9.57 Å². The summed E-state index contributed by atoms with van der Waals surface area (Å²) < 4.78 is 30.5. The van der Waals surface area contributed by atoms with Gasteiger partial charge in [0.25, 0.3) is 15.6 Å². The zero-order chi connectivity index (χ0) is 21.2. The summed E-state index contributed by atoms with van der Waals surface area (Å²) in [5.74, 6) is -0.567. The number of carbonyl (C=O) groups is 1. The van der Waals surface area contributed by atoms with Gasteiger partial charge in [-0.2, -0.15) is 0 Å². The van der Waals surface area contributed by atoms with Crippen LogP contribution in [-0.2, 0) is 26.2 Å². The predicted octanol–water partition coefficient (Wildman–Crippen LogP) is 1.77. The highest BCUT2D eigenvalue weighted by atomic mass is 32.2. The van der Waals surface area contributed by atoms with Crippen LogP contribution in [0.4, 0.5) is 0 Å². The normalized spacial score (nSPS) is 11.7. The van der Waals surface area contributed by atoms with E-state index in [0.717, 1.165) is 5.56 Å². The number of sulfonamides is 1. The fraction of sp³-hybridized carbons (Fsp3) is 0.211. The van der Waals surface area contributed by atoms with Gasteiger partial charge in [-0.15, -0.1) is 0 Å². The molecule has 0 aliphatic heterocycles. The molecule has 0 amide bonds. The van der Waals surface area contributed by atoms with Crippen molar-refractivity contribution < 1.29 is 22.8 Å². The number of H-pyrrole nitrogens is 1. The molecule has 3 aromatic rings. The molecular weight excluding hydrogens is 398 g/mol. The van der Waals surface area contributed by atoms with Crippen molar-refractivity contribution in [2.24, 2.45) is 0 Å². The number of hydrogen-bond donors (Lipinski definition) is 1. The number of rotatable bonds is 6. The molecule has 0 fully saturated rings. The van der Waals surface area contributed by atoms with E-state index in [-0.39, 0.29) is 28.4 Å². The molecule has 0 spiro atoms. The number of hydroxylamine groups is 1. The Morgan fingerprint density at radius 3 is 2.66 bits per heavy atom. The molecule has 3 rings (SSSR count). The first kappa shape index (κ1) is 20.6. The van der Waals surface area contributed by atoms with Gasteiger partial charge in [0.15, 0.2) is 0 Å². The largest absolute Gasteiger partial charge is 0.454 e. The van der Waals surface area contributed by atoms with Gasteiger partial charge >= 0.3 is 5.97 Å². The van der Waals surface area contributed by atoms with Crippen LogP contribution in [0.2, 0.25) is 0 Å². The van der Waals surface area contributed by atoms with Gasteiger partial charge in [0.05, 0.1) is 28.5 Å². The van der Waals surface area contributed by atoms with Crippen molar-refractivity contribution in [1.29, 1.82) is 0 Å². The van der Waals surface area contributed by atoms with Crippen LogP contribution >= 0.6 is 0 Å². The number of aryl methyl sites for hydroxylation is 1. The summed E-state index contributed by atoms with van der Waals surface area (Å²) in [4.78, 5) is 36.1. The molecule has 9 nitrogen and oxygen atoms in total. The standard InChI is InChI=1S/C19H19N3O6S/c1-12-6-4-9-15-17(12)20-16(21-18(15)23)11-28-19(24)13-7-5-8-14(10-13)29(25,26)22(2)27-3/h4-10H,11H2,1-3H3,(H,20,21,23). The van der Waals surface area contributed by atoms with Crippen molar-refractivity contribution in [2.75, 3.05) is 14.2 Å². The molecule has 0 unspecified atom stereocenters. The number of ether oxygens (including phenoxy) is 1. The van der Waals surface area contributed by atoms with E-state index in [9.17, 15) is 18.0 Å². The van der Waals surface area contributed by atoms with Crippen LogP contribution in [0.3, 0.4) is 0 Å². The second kappa shape index (κ2) is 8.11. The van der Waals surface area contributed by atoms with Crippen molar-refractivity contribution in [2.45, 2.75) is 18.4 Å². The van der Waals surface area contributed by atoms with Crippen molar-refractivity contribution in [1.82, 2.24) is 14.4 Å². The molecule has 10 heteroatoms. The number of benzene rings is 2. The molecule has 1 aromatic heterocycles. The van der Waals surface area contributed by atoms with Gasteiger partial charge < -0.3 is 9.72 Å². The lowest BCUT2D eigenvalue weighted by Gasteiger charge is -2.14. The highest BCUT2D eigenvalue weighted by Gasteiger charge is 2.22. The Bertz CT molecular complexity index is 1240. The minimum atomic E-state index is -3.90. The maximum atomic E-state index is 12.4. The van der Waals surface area contributed by atoms with Gasteiger partial charge in [-0.3, -0.25) is 9.63 Å². The number of nitrogens with one attached hydrogen (secondary N) is 1. The first-order valence-corrected chi connectivity index (χ1v) is 9.97. The molecule has 2 aromatic carbocycles. The minimum absolute atomic E-state index is 0.0369. The Hall–Kier alpha value is -3.08. The van der Waals surface area contributed by atoms with Crippen LogP contribution in [0, 0.1) is 6.92 Å². The highest BCUT2D eigenvalue weighted by Crippen LogP contribution is 2.17. The average Bonchev–Trinajstić information content (AvgIpc) is 2.72. The minimum Gasteiger partial charge on any atom is -0.454 e. The van der Waals surface area contributed by atoms with E-state index in [1.165, 1.54) is 38.4 Å². The van der Waals surface area contributed by atoms with Gasteiger partial charge in [0, 0.05) is 7.05 Å². The van der Waals surface area contributed by atoms with Gasteiger partial charge in [0.1, 0.15) is 12.4 Å². The molecule has 29 heavy (non-hydrogen) atoms. The summed E-state index contributed by atoms with van der Waals surface area (Å²) in [7, 11) is -1.45. The third kappa shape index (κ3) is 4.19. The number of para-hydroxylation sites is 1. The molecule has 0 radical (unpaired) electrons. The van der Waals surface area contributed by atoms with Crippen LogP contribution in [0.25, 0.3) is 10.9 Å². The molecule has 0 aliphatic carbocycles. The number of hydrogen-bond acceptors (Lipinski definition) is 7. The van der Waals surface area contributed by atoms with Crippen LogP contribution in [0.1, 0.15) is 21.7 Å². The maximum Gasteiger partial charge on any atom is 0.338 e. The molecule has 0 saturated heterocycles. The van der Waals surface area contributed by atoms with E-state index < -0.39 is 16.0 Å². The Balaban J connectivity index is 1.82. The Kier molecular flexibility index (Phi) is 5.78. The average molecular weight is 417 g/mol. The number of fused-ring (bicyclic) bond motifs is 1. The van der Waals surface area contributed by atoms with Crippen molar-refractivity contribution >= 4 is 26.9 Å². The van der Waals surface area contributed by atoms with Gasteiger partial charge in [-0.05, 0) is 36.8 Å². The van der Waals surface area contributed by atoms with E-state index in [1.807, 2.05) is 13.0 Å². The molecule has 0 bridgehead atoms. The number of aromatic amines is 1. The maximum absolute atomic E-state index is 12.4. The summed E-state index contributed by atoms with van der Waals surface area (Å²) in [5.41, 5.74) is 1.05. The lowest BCUT2D eigenvalue weighted by atomic mass is 10.1. The summed E-state index contributed by atoms with van der Waals surface area (Å²) in [5, 5.41) is 0.445. The molecule has 0 atom stereocenters. The third-order valence-electron chi connectivity index (χ3n) is 4.29. The zero-order valence-corrected chi connectivity index (χ0v) is 16.8. The SMILES string of the molecule is CON(C)S(=O)(=O)c1cccc(C(=O)OCc2nc3c(C)cccc3c(=O)[nH]2)c1. The van der Waals surface area contributed by atoms with Crippen LogP contribution in [0.5, 0.6) is 0 Å². The number of nitrogens with zero attached hydrogens (tertiary/aromatic N) is 2. The number of esters is 1. The van der Waals surface area contributed by atoms with E-state index in [0.29, 0.717) is 15.4 Å². The first-order valence-electron chi connectivity index (χ1n) is 8.53. The van der Waals surface area contributed by atoms with E-state index >= 15 is 0 Å².